The summed E-state index contributed by atoms with van der Waals surface area (Å²) in [6.45, 7) is 0. The van der Waals surface area contributed by atoms with Crippen LogP contribution in [0.25, 0.3) is 88.3 Å². The summed E-state index contributed by atoms with van der Waals surface area (Å²) in [7, 11) is 0. The molecule has 0 bridgehead atoms. The molecule has 0 saturated heterocycles. The quantitative estimate of drug-likeness (QED) is 0.194. The zero-order valence-electron chi connectivity index (χ0n) is 26.1. The molecular formula is C45H29N3. The van der Waals surface area contributed by atoms with E-state index in [2.05, 4.69) is 173 Å². The first-order valence-corrected chi connectivity index (χ1v) is 16.4. The lowest BCUT2D eigenvalue weighted by molar-refractivity contribution is 1.18. The van der Waals surface area contributed by atoms with Gasteiger partial charge in [0.05, 0.1) is 39.3 Å². The highest BCUT2D eigenvalue weighted by Gasteiger charge is 2.18. The summed E-state index contributed by atoms with van der Waals surface area (Å²) in [5.41, 5.74) is 15.2. The van der Waals surface area contributed by atoms with Crippen molar-refractivity contribution in [2.24, 2.45) is 0 Å². The Bertz CT molecular complexity index is 2710. The molecule has 48 heavy (non-hydrogen) atoms. The van der Waals surface area contributed by atoms with Crippen LogP contribution in [0.5, 0.6) is 0 Å². The van der Waals surface area contributed by atoms with Crippen LogP contribution in [0.1, 0.15) is 0 Å². The second-order valence-corrected chi connectivity index (χ2v) is 12.4. The van der Waals surface area contributed by atoms with Crippen LogP contribution in [0.2, 0.25) is 0 Å². The number of aromatic nitrogens is 3. The SMILES string of the molecule is c1ccc(-c2ccc3c(c2)c2cc(-c4ccccc4)ccc2n3-c2ccc(-c3c4ccccc4n4c3cnc3ccccc34)cc2)cc1. The van der Waals surface area contributed by atoms with E-state index >= 15 is 0 Å². The van der Waals surface area contributed by atoms with Crippen molar-refractivity contribution < 1.29 is 0 Å². The molecule has 10 aromatic rings. The molecule has 0 spiro atoms. The third kappa shape index (κ3) is 4.04. The molecule has 0 amide bonds. The first-order valence-electron chi connectivity index (χ1n) is 16.4. The monoisotopic (exact) mass is 611 g/mol. The summed E-state index contributed by atoms with van der Waals surface area (Å²) in [5, 5.41) is 3.72. The Kier molecular flexibility index (Phi) is 5.87. The number of hydrogen-bond acceptors (Lipinski definition) is 1. The highest BCUT2D eigenvalue weighted by atomic mass is 15.0. The highest BCUT2D eigenvalue weighted by Crippen LogP contribution is 2.40. The Hall–Kier alpha value is -6.45. The Morgan fingerprint density at radius 3 is 1.54 bits per heavy atom. The minimum absolute atomic E-state index is 0.991. The largest absolute Gasteiger partial charge is 0.309 e. The van der Waals surface area contributed by atoms with Gasteiger partial charge in [-0.1, -0.05) is 115 Å². The summed E-state index contributed by atoms with van der Waals surface area (Å²) < 4.78 is 4.76. The van der Waals surface area contributed by atoms with Crippen molar-refractivity contribution in [2.45, 2.75) is 0 Å². The number of nitrogens with zero attached hydrogens (tertiary/aromatic N) is 3. The summed E-state index contributed by atoms with van der Waals surface area (Å²) in [6.07, 6.45) is 2.02. The van der Waals surface area contributed by atoms with E-state index in [0.29, 0.717) is 0 Å². The van der Waals surface area contributed by atoms with Gasteiger partial charge in [0.25, 0.3) is 0 Å². The topological polar surface area (TPSA) is 22.2 Å². The lowest BCUT2D eigenvalue weighted by Crippen LogP contribution is -1.94. The first kappa shape index (κ1) is 26.7. The molecule has 3 heteroatoms. The Labute approximate surface area is 277 Å². The number of hydrogen-bond donors (Lipinski definition) is 0. The fourth-order valence-corrected chi connectivity index (χ4v) is 7.54. The normalized spacial score (nSPS) is 11.8. The Morgan fingerprint density at radius 2 is 0.896 bits per heavy atom. The van der Waals surface area contributed by atoms with E-state index in [9.17, 15) is 0 Å². The maximum atomic E-state index is 4.85. The standard InChI is InChI=1S/C45H29N3/c1-3-11-30(12-4-1)33-21-25-41-37(27-33)38-28-34(31-13-5-2-6-14-31)22-26-42(38)47(41)35-23-19-32(20-24-35)45-36-15-7-9-17-40(36)48-43-18-10-8-16-39(43)46-29-44(45)48/h1-29H. The average molecular weight is 612 g/mol. The molecule has 0 aliphatic heterocycles. The Balaban J connectivity index is 1.17. The molecule has 0 atom stereocenters. The number of fused-ring (bicyclic) bond motifs is 8. The summed E-state index contributed by atoms with van der Waals surface area (Å²) in [6, 6.07) is 61.1. The van der Waals surface area contributed by atoms with E-state index in [-0.39, 0.29) is 0 Å². The minimum Gasteiger partial charge on any atom is -0.309 e. The van der Waals surface area contributed by atoms with E-state index < -0.39 is 0 Å². The van der Waals surface area contributed by atoms with E-state index in [0.717, 1.165) is 22.2 Å². The first-order chi connectivity index (χ1) is 23.8. The third-order valence-electron chi connectivity index (χ3n) is 9.75. The third-order valence-corrected chi connectivity index (χ3v) is 9.75. The summed E-state index contributed by atoms with van der Waals surface area (Å²) in [4.78, 5) is 4.85. The smallest absolute Gasteiger partial charge is 0.0871 e. The van der Waals surface area contributed by atoms with Crippen LogP contribution >= 0.6 is 0 Å². The molecule has 0 unspecified atom stereocenters. The van der Waals surface area contributed by atoms with Crippen molar-refractivity contribution in [3.63, 3.8) is 0 Å². The van der Waals surface area contributed by atoms with Crippen molar-refractivity contribution in [2.75, 3.05) is 0 Å². The van der Waals surface area contributed by atoms with Crippen LogP contribution < -0.4 is 0 Å². The Morgan fingerprint density at radius 1 is 0.354 bits per heavy atom. The van der Waals surface area contributed by atoms with Crippen molar-refractivity contribution >= 4 is 49.3 Å². The van der Waals surface area contributed by atoms with Crippen molar-refractivity contribution in [1.82, 2.24) is 14.0 Å². The van der Waals surface area contributed by atoms with E-state index in [1.807, 2.05) is 12.3 Å². The van der Waals surface area contributed by atoms with Crippen LogP contribution in [-0.4, -0.2) is 14.0 Å². The minimum atomic E-state index is 0.991. The summed E-state index contributed by atoms with van der Waals surface area (Å²) >= 11 is 0. The van der Waals surface area contributed by atoms with Crippen LogP contribution in [0.4, 0.5) is 0 Å². The molecule has 0 radical (unpaired) electrons. The molecule has 3 nitrogen and oxygen atoms in total. The van der Waals surface area contributed by atoms with E-state index in [1.165, 1.54) is 66.1 Å². The second-order valence-electron chi connectivity index (χ2n) is 12.4. The van der Waals surface area contributed by atoms with Gasteiger partial charge in [-0.05, 0) is 82.4 Å². The molecule has 10 rings (SSSR count). The lowest BCUT2D eigenvalue weighted by Gasteiger charge is -2.10. The fraction of sp³-hybridized carbons (Fsp3) is 0. The van der Waals surface area contributed by atoms with Gasteiger partial charge in [-0.15, -0.1) is 0 Å². The predicted molar refractivity (Wildman–Crippen MR) is 201 cm³/mol. The molecule has 224 valence electrons. The molecule has 3 aromatic heterocycles. The highest BCUT2D eigenvalue weighted by molar-refractivity contribution is 6.12. The van der Waals surface area contributed by atoms with Crippen LogP contribution in [0, 0.1) is 0 Å². The van der Waals surface area contributed by atoms with Gasteiger partial charge in [0.1, 0.15) is 0 Å². The van der Waals surface area contributed by atoms with E-state index in [1.54, 1.807) is 0 Å². The van der Waals surface area contributed by atoms with E-state index in [4.69, 9.17) is 4.98 Å². The molecule has 3 heterocycles. The molecule has 0 aliphatic carbocycles. The second kappa shape index (κ2) is 10.5. The van der Waals surface area contributed by atoms with Gasteiger partial charge in [-0.3, -0.25) is 4.98 Å². The molecule has 7 aromatic carbocycles. The zero-order valence-corrected chi connectivity index (χ0v) is 26.1. The van der Waals surface area contributed by atoms with Gasteiger partial charge in [0.2, 0.25) is 0 Å². The van der Waals surface area contributed by atoms with Gasteiger partial charge in [0, 0.05) is 27.4 Å². The molecule has 0 aliphatic rings. The van der Waals surface area contributed by atoms with Crippen LogP contribution in [0.15, 0.2) is 176 Å². The van der Waals surface area contributed by atoms with Crippen LogP contribution in [0.3, 0.4) is 0 Å². The van der Waals surface area contributed by atoms with Crippen molar-refractivity contribution in [1.29, 1.82) is 0 Å². The number of para-hydroxylation sites is 3. The maximum absolute atomic E-state index is 4.85. The number of rotatable bonds is 4. The fourth-order valence-electron chi connectivity index (χ4n) is 7.54. The predicted octanol–water partition coefficient (Wildman–Crippen LogP) is 11.7. The van der Waals surface area contributed by atoms with Gasteiger partial charge in [-0.25, -0.2) is 0 Å². The molecular weight excluding hydrogens is 583 g/mol. The molecule has 0 N–H and O–H groups in total. The van der Waals surface area contributed by atoms with Crippen molar-refractivity contribution in [3.8, 4) is 39.1 Å². The summed E-state index contributed by atoms with van der Waals surface area (Å²) in [5.74, 6) is 0. The lowest BCUT2D eigenvalue weighted by atomic mass is 10.0. The van der Waals surface area contributed by atoms with Gasteiger partial charge < -0.3 is 8.97 Å². The molecule has 0 fully saturated rings. The zero-order chi connectivity index (χ0) is 31.6. The van der Waals surface area contributed by atoms with Crippen LogP contribution in [-0.2, 0) is 0 Å². The van der Waals surface area contributed by atoms with Crippen molar-refractivity contribution in [3.05, 3.63) is 176 Å². The number of benzene rings is 7. The maximum Gasteiger partial charge on any atom is 0.0871 e. The van der Waals surface area contributed by atoms with Gasteiger partial charge in [0.15, 0.2) is 0 Å². The average Bonchev–Trinajstić information content (AvgIpc) is 3.68. The van der Waals surface area contributed by atoms with Gasteiger partial charge >= 0.3 is 0 Å². The molecule has 0 saturated carbocycles. The van der Waals surface area contributed by atoms with Gasteiger partial charge in [-0.2, -0.15) is 0 Å².